The van der Waals surface area contributed by atoms with Crippen molar-refractivity contribution in [3.8, 4) is 0 Å². The van der Waals surface area contributed by atoms with Crippen LogP contribution in [-0.4, -0.2) is 62.8 Å². The molecule has 2 aliphatic rings. The molecule has 1 aromatic carbocycles. The summed E-state index contributed by atoms with van der Waals surface area (Å²) >= 11 is 0. The molecule has 25 heavy (non-hydrogen) atoms. The molecule has 1 saturated carbocycles. The number of rotatable bonds is 7. The van der Waals surface area contributed by atoms with Crippen LogP contribution in [0.4, 0.5) is 0 Å². The summed E-state index contributed by atoms with van der Waals surface area (Å²) in [4.78, 5) is 14.6. The van der Waals surface area contributed by atoms with Crippen molar-refractivity contribution in [3.05, 3.63) is 29.8 Å². The summed E-state index contributed by atoms with van der Waals surface area (Å²) in [7, 11) is -1.88. The van der Waals surface area contributed by atoms with Crippen molar-refractivity contribution < 1.29 is 13.2 Å². The lowest BCUT2D eigenvalue weighted by atomic mass is 10.1. The minimum absolute atomic E-state index is 0.134. The lowest BCUT2D eigenvalue weighted by Gasteiger charge is -2.21. The summed E-state index contributed by atoms with van der Waals surface area (Å²) in [5.41, 5.74) is 0.503. The summed E-state index contributed by atoms with van der Waals surface area (Å²) < 4.78 is 26.9. The van der Waals surface area contributed by atoms with Crippen molar-refractivity contribution in [1.29, 1.82) is 0 Å². The van der Waals surface area contributed by atoms with E-state index >= 15 is 0 Å². The van der Waals surface area contributed by atoms with Gasteiger partial charge in [-0.15, -0.1) is 0 Å². The van der Waals surface area contributed by atoms with Crippen molar-refractivity contribution in [1.82, 2.24) is 14.5 Å². The molecule has 1 amide bonds. The van der Waals surface area contributed by atoms with Crippen molar-refractivity contribution in [3.63, 3.8) is 0 Å². The molecule has 0 unspecified atom stereocenters. The maximum Gasteiger partial charge on any atom is 0.251 e. The summed E-state index contributed by atoms with van der Waals surface area (Å²) in [6.07, 6.45) is 3.09. The third-order valence-electron chi connectivity index (χ3n) is 5.07. The fourth-order valence-corrected chi connectivity index (χ4v) is 4.51. The Morgan fingerprint density at radius 3 is 2.48 bits per heavy atom. The van der Waals surface area contributed by atoms with E-state index in [-0.39, 0.29) is 16.8 Å². The van der Waals surface area contributed by atoms with Gasteiger partial charge in [0.05, 0.1) is 4.90 Å². The Bertz CT molecular complexity index is 714. The third-order valence-corrected chi connectivity index (χ3v) is 6.91. The van der Waals surface area contributed by atoms with Crippen molar-refractivity contribution in [2.45, 2.75) is 37.1 Å². The largest absolute Gasteiger partial charge is 0.349 e. The van der Waals surface area contributed by atoms with Crippen LogP contribution in [0, 0.1) is 5.92 Å². The highest BCUT2D eigenvalue weighted by molar-refractivity contribution is 7.89. The standard InChI is InChI=1S/C18H27N3O3S/c1-3-21-11-10-14(13-21)12-20(2)25(23,24)17-8-4-15(5-9-17)18(22)19-16-6-7-16/h4-5,8-9,14,16H,3,6-7,10-13H2,1-2H3,(H,19,22)/t14-/m0/s1. The molecule has 1 atom stereocenters. The number of amides is 1. The SMILES string of the molecule is CCN1CC[C@@H](CN(C)S(=O)(=O)c2ccc(C(=O)NC3CC3)cc2)C1. The molecular weight excluding hydrogens is 338 g/mol. The number of sulfonamides is 1. The Morgan fingerprint density at radius 2 is 1.92 bits per heavy atom. The molecule has 1 saturated heterocycles. The average molecular weight is 365 g/mol. The summed E-state index contributed by atoms with van der Waals surface area (Å²) in [5.74, 6) is 0.244. The van der Waals surface area contributed by atoms with Gasteiger partial charge in [-0.2, -0.15) is 0 Å². The number of hydrogen-bond acceptors (Lipinski definition) is 4. The highest BCUT2D eigenvalue weighted by atomic mass is 32.2. The monoisotopic (exact) mass is 365 g/mol. The number of likely N-dealkylation sites (tertiary alicyclic amines) is 1. The van der Waals surface area contributed by atoms with Gasteiger partial charge in [-0.25, -0.2) is 12.7 Å². The van der Waals surface area contributed by atoms with E-state index in [1.54, 1.807) is 19.2 Å². The van der Waals surface area contributed by atoms with Crippen molar-refractivity contribution >= 4 is 15.9 Å². The first kappa shape index (κ1) is 18.4. The number of hydrogen-bond donors (Lipinski definition) is 1. The van der Waals surface area contributed by atoms with Crippen LogP contribution in [0.3, 0.4) is 0 Å². The topological polar surface area (TPSA) is 69.7 Å². The number of benzene rings is 1. The number of nitrogens with zero attached hydrogens (tertiary/aromatic N) is 2. The molecule has 1 heterocycles. The zero-order valence-electron chi connectivity index (χ0n) is 14.9. The Balaban J connectivity index is 1.63. The van der Waals surface area contributed by atoms with Crippen LogP contribution in [0.15, 0.2) is 29.2 Å². The lowest BCUT2D eigenvalue weighted by Crippen LogP contribution is -2.33. The molecule has 0 aromatic heterocycles. The molecule has 0 spiro atoms. The van der Waals surface area contributed by atoms with Crippen molar-refractivity contribution in [2.75, 3.05) is 33.2 Å². The second kappa shape index (κ2) is 7.43. The highest BCUT2D eigenvalue weighted by Crippen LogP contribution is 2.22. The highest BCUT2D eigenvalue weighted by Gasteiger charge is 2.28. The van der Waals surface area contributed by atoms with E-state index in [2.05, 4.69) is 17.1 Å². The molecule has 0 bridgehead atoms. The second-order valence-electron chi connectivity index (χ2n) is 7.11. The van der Waals surface area contributed by atoms with Gasteiger partial charge in [-0.1, -0.05) is 6.92 Å². The first-order chi connectivity index (χ1) is 11.9. The summed E-state index contributed by atoms with van der Waals surface area (Å²) in [6.45, 7) is 5.67. The minimum atomic E-state index is -3.52. The molecule has 0 radical (unpaired) electrons. The molecule has 1 N–H and O–H groups in total. The fraction of sp³-hybridized carbons (Fsp3) is 0.611. The Labute approximate surface area is 150 Å². The Kier molecular flexibility index (Phi) is 5.46. The van der Waals surface area contributed by atoms with Gasteiger partial charge in [-0.05, 0) is 62.5 Å². The van der Waals surface area contributed by atoms with Crippen LogP contribution in [-0.2, 0) is 10.0 Å². The maximum atomic E-state index is 12.8. The molecule has 1 aliphatic heterocycles. The van der Waals surface area contributed by atoms with Gasteiger partial charge in [0, 0.05) is 31.7 Å². The first-order valence-electron chi connectivity index (χ1n) is 8.99. The first-order valence-corrected chi connectivity index (χ1v) is 10.4. The normalized spacial score (nSPS) is 21.6. The number of carbonyl (C=O) groups is 1. The summed E-state index contributed by atoms with van der Waals surface area (Å²) in [6, 6.07) is 6.53. The van der Waals surface area contributed by atoms with E-state index in [1.807, 2.05) is 0 Å². The number of nitrogens with one attached hydrogen (secondary N) is 1. The van der Waals surface area contributed by atoms with Gasteiger partial charge >= 0.3 is 0 Å². The van der Waals surface area contributed by atoms with Gasteiger partial charge in [0.25, 0.3) is 5.91 Å². The predicted molar refractivity (Wildman–Crippen MR) is 97.0 cm³/mol. The van der Waals surface area contributed by atoms with Crippen LogP contribution in [0.5, 0.6) is 0 Å². The zero-order chi connectivity index (χ0) is 18.0. The van der Waals surface area contributed by atoms with E-state index in [4.69, 9.17) is 0 Å². The van der Waals surface area contributed by atoms with Crippen LogP contribution in [0.1, 0.15) is 36.5 Å². The number of carbonyl (C=O) groups excluding carboxylic acids is 1. The Morgan fingerprint density at radius 1 is 1.24 bits per heavy atom. The molecule has 3 rings (SSSR count). The zero-order valence-corrected chi connectivity index (χ0v) is 15.8. The van der Waals surface area contributed by atoms with E-state index in [0.29, 0.717) is 18.0 Å². The second-order valence-corrected chi connectivity index (χ2v) is 9.15. The molecule has 7 heteroatoms. The van der Waals surface area contributed by atoms with Crippen molar-refractivity contribution in [2.24, 2.45) is 5.92 Å². The van der Waals surface area contributed by atoms with E-state index in [0.717, 1.165) is 38.9 Å². The molecule has 1 aromatic rings. The van der Waals surface area contributed by atoms with E-state index in [1.165, 1.54) is 16.4 Å². The lowest BCUT2D eigenvalue weighted by molar-refractivity contribution is 0.0951. The fourth-order valence-electron chi connectivity index (χ4n) is 3.27. The van der Waals surface area contributed by atoms with E-state index in [9.17, 15) is 13.2 Å². The quantitative estimate of drug-likeness (QED) is 0.796. The van der Waals surface area contributed by atoms with Gasteiger partial charge in [0.1, 0.15) is 0 Å². The van der Waals surface area contributed by atoms with Gasteiger partial charge < -0.3 is 10.2 Å². The Hall–Kier alpha value is -1.44. The van der Waals surface area contributed by atoms with Crippen LogP contribution in [0.25, 0.3) is 0 Å². The summed E-state index contributed by atoms with van der Waals surface area (Å²) in [5, 5.41) is 2.91. The molecule has 6 nitrogen and oxygen atoms in total. The third kappa shape index (κ3) is 4.40. The van der Waals surface area contributed by atoms with Gasteiger partial charge in [0.2, 0.25) is 10.0 Å². The van der Waals surface area contributed by atoms with Crippen LogP contribution in [0.2, 0.25) is 0 Å². The molecule has 2 fully saturated rings. The van der Waals surface area contributed by atoms with E-state index < -0.39 is 10.0 Å². The smallest absolute Gasteiger partial charge is 0.251 e. The molecule has 138 valence electrons. The molecular formula is C18H27N3O3S. The van der Waals surface area contributed by atoms with Crippen LogP contribution < -0.4 is 5.32 Å². The minimum Gasteiger partial charge on any atom is -0.349 e. The molecule has 1 aliphatic carbocycles. The average Bonchev–Trinajstić information content (AvgIpc) is 3.30. The van der Waals surface area contributed by atoms with Gasteiger partial charge in [-0.3, -0.25) is 4.79 Å². The van der Waals surface area contributed by atoms with Crippen LogP contribution >= 0.6 is 0 Å². The van der Waals surface area contributed by atoms with Gasteiger partial charge in [0.15, 0.2) is 0 Å². The predicted octanol–water partition coefficient (Wildman–Crippen LogP) is 1.54. The maximum absolute atomic E-state index is 12.8.